The van der Waals surface area contributed by atoms with E-state index in [1.807, 2.05) is 25.1 Å². The molecular formula is C35H36FN6O3S+. The molecule has 46 heavy (non-hydrogen) atoms. The van der Waals surface area contributed by atoms with Crippen LogP contribution >= 0.6 is 11.3 Å². The number of benzene rings is 1. The fourth-order valence-corrected chi connectivity index (χ4v) is 7.18. The first-order valence-corrected chi connectivity index (χ1v) is 16.2. The number of carbonyl (C=O) groups excluding carboxylic acids is 2. The van der Waals surface area contributed by atoms with Gasteiger partial charge >= 0.3 is 5.91 Å². The summed E-state index contributed by atoms with van der Waals surface area (Å²) >= 11 is 1.30. The Morgan fingerprint density at radius 3 is 2.52 bits per heavy atom. The van der Waals surface area contributed by atoms with Crippen LogP contribution in [0.2, 0.25) is 0 Å². The zero-order valence-corrected chi connectivity index (χ0v) is 27.0. The number of primary amides is 2. The number of nitrogens with zero attached hydrogens (tertiary/aromatic N) is 4. The second kappa shape index (κ2) is 13.0. The summed E-state index contributed by atoms with van der Waals surface area (Å²) in [5, 5.41) is 10.2. The number of nitrogens with two attached hydrogens (primary N) is 2. The van der Waals surface area contributed by atoms with E-state index in [0.29, 0.717) is 51.0 Å². The maximum Gasteiger partial charge on any atom is 0.353 e. The van der Waals surface area contributed by atoms with E-state index in [4.69, 9.17) is 15.1 Å². The third-order valence-electron chi connectivity index (χ3n) is 8.34. The first-order valence-electron chi connectivity index (χ1n) is 15.4. The van der Waals surface area contributed by atoms with Gasteiger partial charge in [-0.2, -0.15) is 0 Å². The number of halogens is 1. The Hall–Kier alpha value is -4.61. The molecule has 1 aromatic carbocycles. The van der Waals surface area contributed by atoms with E-state index in [9.17, 15) is 14.0 Å². The van der Waals surface area contributed by atoms with Gasteiger partial charge in [-0.3, -0.25) is 20.1 Å². The Balaban J connectivity index is 1.48. The van der Waals surface area contributed by atoms with Crippen LogP contribution in [0.4, 0.5) is 4.39 Å². The predicted octanol–water partition coefficient (Wildman–Crippen LogP) is 5.74. The number of aromatic nitrogens is 4. The molecule has 5 aromatic rings. The van der Waals surface area contributed by atoms with Gasteiger partial charge in [-0.15, -0.1) is 21.5 Å². The summed E-state index contributed by atoms with van der Waals surface area (Å²) in [7, 11) is 0. The van der Waals surface area contributed by atoms with E-state index in [-0.39, 0.29) is 41.1 Å². The number of quaternary nitrogens is 1. The molecule has 0 aliphatic heterocycles. The molecule has 11 heteroatoms. The second-order valence-corrected chi connectivity index (χ2v) is 13.3. The summed E-state index contributed by atoms with van der Waals surface area (Å²) < 4.78 is 19.7. The monoisotopic (exact) mass is 639 g/mol. The van der Waals surface area contributed by atoms with Crippen molar-refractivity contribution in [1.29, 1.82) is 0 Å². The molecule has 1 unspecified atom stereocenters. The van der Waals surface area contributed by atoms with E-state index in [0.717, 1.165) is 29.7 Å². The molecule has 0 spiro atoms. The van der Waals surface area contributed by atoms with Gasteiger partial charge in [0.25, 0.3) is 5.91 Å². The third kappa shape index (κ3) is 6.38. The zero-order chi connectivity index (χ0) is 32.5. The average molecular weight is 640 g/mol. The SMILES string of the molecule is Cc1nnc(-c2c(C[C@H](C)c3ccc(F)cc3)nc(CC(C)C)c(C(N)=O)c2-c2ccc(C(=O)[NH2+]C3CCc4ncccc43)s2)o1. The van der Waals surface area contributed by atoms with Crippen molar-refractivity contribution in [2.24, 2.45) is 11.7 Å². The summed E-state index contributed by atoms with van der Waals surface area (Å²) in [4.78, 5) is 37.6. The van der Waals surface area contributed by atoms with Gasteiger partial charge in [0.05, 0.1) is 22.5 Å². The van der Waals surface area contributed by atoms with Crippen molar-refractivity contribution in [1.82, 2.24) is 20.2 Å². The second-order valence-electron chi connectivity index (χ2n) is 12.3. The van der Waals surface area contributed by atoms with Crippen LogP contribution in [0, 0.1) is 18.7 Å². The highest BCUT2D eigenvalue weighted by molar-refractivity contribution is 7.17. The highest BCUT2D eigenvalue weighted by atomic mass is 32.1. The van der Waals surface area contributed by atoms with Crippen LogP contribution in [-0.4, -0.2) is 32.0 Å². The molecule has 4 N–H and O–H groups in total. The summed E-state index contributed by atoms with van der Waals surface area (Å²) in [6, 6.07) is 14.0. The number of hydrogen-bond donors (Lipinski definition) is 2. The zero-order valence-electron chi connectivity index (χ0n) is 26.2. The lowest BCUT2D eigenvalue weighted by atomic mass is 9.88. The van der Waals surface area contributed by atoms with Crippen molar-refractivity contribution in [3.8, 4) is 21.9 Å². The molecule has 1 aliphatic rings. The molecule has 0 fully saturated rings. The maximum absolute atomic E-state index is 13.7. The van der Waals surface area contributed by atoms with Crippen LogP contribution in [0.25, 0.3) is 21.9 Å². The van der Waals surface area contributed by atoms with Crippen LogP contribution in [0.3, 0.4) is 0 Å². The summed E-state index contributed by atoms with van der Waals surface area (Å²) in [6.45, 7) is 7.84. The number of rotatable bonds is 10. The molecule has 2 amide bonds. The largest absolute Gasteiger partial charge is 0.421 e. The lowest BCUT2D eigenvalue weighted by Gasteiger charge is -2.21. The Kier molecular flexibility index (Phi) is 8.88. The minimum absolute atomic E-state index is 0.00187. The fraction of sp³-hybridized carbons (Fsp3) is 0.314. The van der Waals surface area contributed by atoms with Crippen molar-refractivity contribution in [3.63, 3.8) is 0 Å². The standard InChI is InChI=1S/C35H35FN6O3S/c1-18(2)16-26-30(33(37)43)32(28-13-14-29(46-28)34(44)40-25-12-11-24-23(25)6-5-15-38-24)31(35-42-41-20(4)45-35)27(39-26)17-19(3)21-7-9-22(36)10-8-21/h5-10,13-15,18-19,25H,11-12,16-17H2,1-4H3,(H2,37,43)(H,40,44)/p+1/t19-,25?/m0/s1. The molecule has 4 heterocycles. The molecule has 236 valence electrons. The summed E-state index contributed by atoms with van der Waals surface area (Å²) in [6.07, 6.45) is 4.40. The minimum Gasteiger partial charge on any atom is -0.421 e. The van der Waals surface area contributed by atoms with Gasteiger partial charge in [-0.1, -0.05) is 32.9 Å². The fourth-order valence-electron chi connectivity index (χ4n) is 6.20. The molecule has 1 aliphatic carbocycles. The quantitative estimate of drug-likeness (QED) is 0.199. The van der Waals surface area contributed by atoms with E-state index in [1.165, 1.54) is 23.5 Å². The molecule has 2 atom stereocenters. The molecule has 0 bridgehead atoms. The van der Waals surface area contributed by atoms with Crippen molar-refractivity contribution >= 4 is 23.2 Å². The normalized spacial score (nSPS) is 14.9. The molecular weight excluding hydrogens is 603 g/mol. The van der Waals surface area contributed by atoms with Gasteiger partial charge in [0.15, 0.2) is 0 Å². The number of pyridine rings is 2. The third-order valence-corrected chi connectivity index (χ3v) is 9.46. The molecule has 0 radical (unpaired) electrons. The van der Waals surface area contributed by atoms with E-state index >= 15 is 0 Å². The van der Waals surface area contributed by atoms with Crippen molar-refractivity contribution in [3.05, 3.63) is 105 Å². The van der Waals surface area contributed by atoms with Crippen molar-refractivity contribution in [2.45, 2.75) is 65.3 Å². The summed E-state index contributed by atoms with van der Waals surface area (Å²) in [5.41, 5.74) is 11.7. The number of hydrogen-bond acceptors (Lipinski definition) is 8. The number of carbonyl (C=O) groups is 2. The Bertz CT molecular complexity index is 1920. The Morgan fingerprint density at radius 2 is 1.83 bits per heavy atom. The smallest absolute Gasteiger partial charge is 0.353 e. The molecule has 0 saturated carbocycles. The highest BCUT2D eigenvalue weighted by Crippen LogP contribution is 2.42. The predicted molar refractivity (Wildman–Crippen MR) is 173 cm³/mol. The van der Waals surface area contributed by atoms with Crippen LogP contribution in [0.5, 0.6) is 0 Å². The number of amides is 2. The molecule has 9 nitrogen and oxygen atoms in total. The Morgan fingerprint density at radius 1 is 1.04 bits per heavy atom. The first-order chi connectivity index (χ1) is 22.1. The van der Waals surface area contributed by atoms with Crippen LogP contribution < -0.4 is 11.1 Å². The molecule has 6 rings (SSSR count). The van der Waals surface area contributed by atoms with Crippen LogP contribution in [-0.2, 0) is 19.3 Å². The van der Waals surface area contributed by atoms with Gasteiger partial charge in [-0.05, 0) is 73.1 Å². The van der Waals surface area contributed by atoms with Gasteiger partial charge in [0.1, 0.15) is 16.7 Å². The van der Waals surface area contributed by atoms with Crippen LogP contribution in [0.15, 0.2) is 59.1 Å². The topological polar surface area (TPSA) is 141 Å². The van der Waals surface area contributed by atoms with E-state index in [1.54, 1.807) is 36.6 Å². The van der Waals surface area contributed by atoms with Gasteiger partial charge in [-0.25, -0.2) is 9.18 Å². The van der Waals surface area contributed by atoms with Gasteiger partial charge < -0.3 is 10.2 Å². The van der Waals surface area contributed by atoms with E-state index < -0.39 is 5.91 Å². The lowest BCUT2D eigenvalue weighted by Crippen LogP contribution is -2.88. The minimum atomic E-state index is -0.628. The molecule has 4 aromatic heterocycles. The number of thiophene rings is 1. The molecule has 0 saturated heterocycles. The van der Waals surface area contributed by atoms with Gasteiger partial charge in [0.2, 0.25) is 11.8 Å². The van der Waals surface area contributed by atoms with E-state index in [2.05, 4.69) is 29.0 Å². The number of fused-ring (bicyclic) bond motifs is 1. The maximum atomic E-state index is 13.7. The summed E-state index contributed by atoms with van der Waals surface area (Å²) in [5.74, 6) is -0.342. The first kappa shape index (κ1) is 31.4. The van der Waals surface area contributed by atoms with Crippen molar-refractivity contribution in [2.75, 3.05) is 0 Å². The van der Waals surface area contributed by atoms with Crippen molar-refractivity contribution < 1.29 is 23.7 Å². The lowest BCUT2D eigenvalue weighted by molar-refractivity contribution is -0.600. The number of aryl methyl sites for hydroxylation is 2. The van der Waals surface area contributed by atoms with Gasteiger partial charge in [0, 0.05) is 41.2 Å². The average Bonchev–Trinajstić information content (AvgIpc) is 3.77. The van der Waals surface area contributed by atoms with Crippen LogP contribution in [0.1, 0.15) is 93.3 Å². The highest BCUT2D eigenvalue weighted by Gasteiger charge is 2.32. The Labute approximate surface area is 270 Å².